The predicted molar refractivity (Wildman–Crippen MR) is 85.4 cm³/mol. The van der Waals surface area contributed by atoms with E-state index in [1.807, 2.05) is 26.0 Å². The van der Waals surface area contributed by atoms with Crippen LogP contribution < -0.4 is 5.56 Å². The van der Waals surface area contributed by atoms with Gasteiger partial charge in [-0.3, -0.25) is 14.2 Å². The van der Waals surface area contributed by atoms with Gasteiger partial charge in [0.25, 0.3) is 5.56 Å². The van der Waals surface area contributed by atoms with E-state index in [0.717, 1.165) is 33.0 Å². The molecule has 21 heavy (non-hydrogen) atoms. The largest absolute Gasteiger partial charge is 0.481 e. The van der Waals surface area contributed by atoms with Crippen LogP contribution in [0.15, 0.2) is 38.8 Å². The first-order valence-electron chi connectivity index (χ1n) is 6.10. The van der Waals surface area contributed by atoms with E-state index in [-0.39, 0.29) is 11.3 Å². The van der Waals surface area contributed by atoms with Gasteiger partial charge in [-0.25, -0.2) is 0 Å². The summed E-state index contributed by atoms with van der Waals surface area (Å²) in [5.74, 6) is -1.10. The first-order valence-corrected chi connectivity index (χ1v) is 7.88. The number of hydrogen-bond donors (Lipinski definition) is 1. The number of aryl methyl sites for hydroxylation is 2. The van der Waals surface area contributed by atoms with Crippen molar-refractivity contribution in [2.45, 2.75) is 19.0 Å². The highest BCUT2D eigenvalue weighted by Crippen LogP contribution is 2.26. The Hall–Kier alpha value is -1.60. The molecular formula is C14H13BrN2O3S. The van der Waals surface area contributed by atoms with Crippen LogP contribution in [0.1, 0.15) is 11.1 Å². The summed E-state index contributed by atoms with van der Waals surface area (Å²) < 4.78 is 2.75. The Morgan fingerprint density at radius 3 is 2.57 bits per heavy atom. The fourth-order valence-electron chi connectivity index (χ4n) is 1.87. The zero-order valence-electron chi connectivity index (χ0n) is 11.5. The Morgan fingerprint density at radius 1 is 1.38 bits per heavy atom. The molecule has 5 nitrogen and oxygen atoms in total. The van der Waals surface area contributed by atoms with Gasteiger partial charge in [0.1, 0.15) is 0 Å². The zero-order chi connectivity index (χ0) is 15.6. The van der Waals surface area contributed by atoms with Gasteiger partial charge in [0, 0.05) is 22.4 Å². The van der Waals surface area contributed by atoms with Gasteiger partial charge in [-0.15, -0.1) is 0 Å². The second-order valence-corrected chi connectivity index (χ2v) is 6.23. The molecule has 0 amide bonds. The third-order valence-corrected chi connectivity index (χ3v) is 4.99. The molecular weight excluding hydrogens is 356 g/mol. The van der Waals surface area contributed by atoms with E-state index in [9.17, 15) is 9.59 Å². The normalized spacial score (nSPS) is 10.6. The van der Waals surface area contributed by atoms with Crippen LogP contribution in [-0.4, -0.2) is 26.4 Å². The highest BCUT2D eigenvalue weighted by Gasteiger charge is 2.10. The summed E-state index contributed by atoms with van der Waals surface area (Å²) in [6.07, 6.45) is 1.61. The van der Waals surface area contributed by atoms with Crippen LogP contribution in [-0.2, 0) is 4.79 Å². The maximum Gasteiger partial charge on any atom is 0.313 e. The smallest absolute Gasteiger partial charge is 0.313 e. The molecule has 0 aliphatic rings. The zero-order valence-corrected chi connectivity index (χ0v) is 13.9. The summed E-state index contributed by atoms with van der Waals surface area (Å²) in [7, 11) is 0. The highest BCUT2D eigenvalue weighted by molar-refractivity contribution is 9.10. The molecule has 110 valence electrons. The third kappa shape index (κ3) is 3.74. The van der Waals surface area contributed by atoms with Gasteiger partial charge in [0.05, 0.1) is 5.75 Å². The number of carboxylic acid groups (broad SMARTS) is 1. The molecule has 0 saturated heterocycles. The molecule has 0 aliphatic heterocycles. The van der Waals surface area contributed by atoms with Gasteiger partial charge in [0.15, 0.2) is 5.16 Å². The van der Waals surface area contributed by atoms with Gasteiger partial charge in [-0.2, -0.15) is 4.98 Å². The molecule has 0 fully saturated rings. The fourth-order valence-corrected chi connectivity index (χ4v) is 2.82. The molecule has 2 rings (SSSR count). The van der Waals surface area contributed by atoms with E-state index >= 15 is 0 Å². The number of carboxylic acids is 1. The van der Waals surface area contributed by atoms with Crippen LogP contribution in [0, 0.1) is 13.8 Å². The van der Waals surface area contributed by atoms with Gasteiger partial charge in [-0.05, 0) is 37.1 Å². The summed E-state index contributed by atoms with van der Waals surface area (Å²) in [6, 6.07) is 5.26. The quantitative estimate of drug-likeness (QED) is 0.663. The van der Waals surface area contributed by atoms with Crippen LogP contribution >= 0.6 is 27.7 Å². The predicted octanol–water partition coefficient (Wildman–Crippen LogP) is 2.79. The fraction of sp³-hybridized carbons (Fsp3) is 0.214. The topological polar surface area (TPSA) is 72.2 Å². The lowest BCUT2D eigenvalue weighted by Crippen LogP contribution is -2.13. The molecule has 1 N–H and O–H groups in total. The first-order chi connectivity index (χ1) is 9.88. The number of benzene rings is 1. The molecule has 0 bridgehead atoms. The lowest BCUT2D eigenvalue weighted by atomic mass is 10.1. The third-order valence-electron chi connectivity index (χ3n) is 2.80. The molecule has 0 aliphatic carbocycles. The molecule has 0 radical (unpaired) electrons. The maximum atomic E-state index is 11.4. The van der Waals surface area contributed by atoms with Crippen LogP contribution in [0.2, 0.25) is 0 Å². The Bertz CT molecular complexity index is 735. The van der Waals surface area contributed by atoms with Crippen molar-refractivity contribution in [1.29, 1.82) is 0 Å². The maximum absolute atomic E-state index is 11.4. The Labute approximate surface area is 134 Å². The van der Waals surface area contributed by atoms with Crippen molar-refractivity contribution in [2.24, 2.45) is 0 Å². The lowest BCUT2D eigenvalue weighted by molar-refractivity contribution is -0.133. The van der Waals surface area contributed by atoms with E-state index < -0.39 is 5.97 Å². The van der Waals surface area contributed by atoms with Crippen LogP contribution in [0.4, 0.5) is 0 Å². The number of rotatable bonds is 4. The van der Waals surface area contributed by atoms with Gasteiger partial charge >= 0.3 is 5.97 Å². The Balaban J connectivity index is 2.52. The number of aromatic nitrogens is 2. The van der Waals surface area contributed by atoms with Crippen molar-refractivity contribution in [3.63, 3.8) is 0 Å². The van der Waals surface area contributed by atoms with Crippen molar-refractivity contribution in [3.05, 3.63) is 50.3 Å². The van der Waals surface area contributed by atoms with Gasteiger partial charge in [-0.1, -0.05) is 27.7 Å². The van der Waals surface area contributed by atoms with E-state index in [1.54, 1.807) is 10.8 Å². The molecule has 1 aromatic carbocycles. The minimum Gasteiger partial charge on any atom is -0.481 e. The number of carbonyl (C=O) groups is 1. The number of halogens is 1. The summed E-state index contributed by atoms with van der Waals surface area (Å²) in [4.78, 5) is 26.0. The summed E-state index contributed by atoms with van der Waals surface area (Å²) in [6.45, 7) is 3.95. The number of aliphatic carboxylic acids is 1. The monoisotopic (exact) mass is 368 g/mol. The second-order valence-electron chi connectivity index (χ2n) is 4.49. The van der Waals surface area contributed by atoms with Crippen molar-refractivity contribution < 1.29 is 9.90 Å². The first kappa shape index (κ1) is 15.8. The highest BCUT2D eigenvalue weighted by atomic mass is 79.9. The van der Waals surface area contributed by atoms with Crippen molar-refractivity contribution >= 4 is 33.7 Å². The van der Waals surface area contributed by atoms with Crippen LogP contribution in [0.25, 0.3) is 5.69 Å². The number of nitrogens with zero attached hydrogens (tertiary/aromatic N) is 2. The van der Waals surface area contributed by atoms with Gasteiger partial charge < -0.3 is 5.11 Å². The molecule has 0 saturated carbocycles. The molecule has 1 heterocycles. The number of hydrogen-bond acceptors (Lipinski definition) is 4. The van der Waals surface area contributed by atoms with E-state index in [4.69, 9.17) is 5.11 Å². The van der Waals surface area contributed by atoms with Crippen molar-refractivity contribution in [3.8, 4) is 5.69 Å². The summed E-state index contributed by atoms with van der Waals surface area (Å²) >= 11 is 4.53. The van der Waals surface area contributed by atoms with E-state index in [2.05, 4.69) is 20.9 Å². The second kappa shape index (κ2) is 6.44. The van der Waals surface area contributed by atoms with Crippen molar-refractivity contribution in [1.82, 2.24) is 9.55 Å². The summed E-state index contributed by atoms with van der Waals surface area (Å²) in [5.41, 5.74) is 2.56. The Kier molecular flexibility index (Phi) is 4.84. The molecule has 1 aromatic heterocycles. The standard InChI is InChI=1S/C14H13BrN2O3S/c1-8-5-10(6-9(2)13(8)15)17-4-3-11(18)16-14(17)21-7-12(19)20/h3-6H,7H2,1-2H3,(H,19,20). The SMILES string of the molecule is Cc1cc(-n2ccc(=O)nc2SCC(=O)O)cc(C)c1Br. The minimum atomic E-state index is -0.951. The minimum absolute atomic E-state index is 0.148. The molecule has 0 spiro atoms. The van der Waals surface area contributed by atoms with Crippen molar-refractivity contribution in [2.75, 3.05) is 5.75 Å². The van der Waals surface area contributed by atoms with Gasteiger partial charge in [0.2, 0.25) is 0 Å². The molecule has 0 unspecified atom stereocenters. The van der Waals surface area contributed by atoms with Crippen LogP contribution in [0.3, 0.4) is 0 Å². The average molecular weight is 369 g/mol. The molecule has 2 aromatic rings. The average Bonchev–Trinajstić information content (AvgIpc) is 2.42. The van der Waals surface area contributed by atoms with E-state index in [1.165, 1.54) is 6.07 Å². The molecule has 7 heteroatoms. The number of thioether (sulfide) groups is 1. The lowest BCUT2D eigenvalue weighted by Gasteiger charge is -2.13. The summed E-state index contributed by atoms with van der Waals surface area (Å²) in [5, 5.41) is 9.15. The van der Waals surface area contributed by atoms with E-state index in [0.29, 0.717) is 5.16 Å². The van der Waals surface area contributed by atoms with Crippen LogP contribution in [0.5, 0.6) is 0 Å². The Morgan fingerprint density at radius 2 is 2.00 bits per heavy atom. The molecule has 0 atom stereocenters.